The smallest absolute Gasteiger partial charge is 0.132 e. The number of nitrogens with zero attached hydrogens (tertiary/aromatic N) is 4. The average Bonchev–Trinajstić information content (AvgIpc) is 3.34. The minimum atomic E-state index is 0.419. The molecule has 2 aromatic heterocycles. The van der Waals surface area contributed by atoms with Crippen LogP contribution < -0.4 is 4.90 Å². The van der Waals surface area contributed by atoms with Crippen molar-refractivity contribution in [2.24, 2.45) is 0 Å². The summed E-state index contributed by atoms with van der Waals surface area (Å²) < 4.78 is 0. The van der Waals surface area contributed by atoms with Crippen molar-refractivity contribution in [3.05, 3.63) is 59.8 Å². The Morgan fingerprint density at radius 2 is 1.92 bits per heavy atom. The van der Waals surface area contributed by atoms with E-state index in [0.29, 0.717) is 11.8 Å². The minimum Gasteiger partial charge on any atom is -0.371 e. The van der Waals surface area contributed by atoms with Gasteiger partial charge in [0.1, 0.15) is 5.82 Å². The summed E-state index contributed by atoms with van der Waals surface area (Å²) in [6.07, 6.45) is 4.26. The Labute approximate surface area is 141 Å². The molecule has 0 N–H and O–H groups in total. The normalized spacial score (nSPS) is 22.5. The van der Waals surface area contributed by atoms with Crippen LogP contribution in [-0.2, 0) is 0 Å². The van der Waals surface area contributed by atoms with Crippen molar-refractivity contribution in [2.75, 3.05) is 18.0 Å². The fourth-order valence-corrected chi connectivity index (χ4v) is 3.64. The van der Waals surface area contributed by atoms with Gasteiger partial charge in [-0.15, -0.1) is 0 Å². The molecule has 1 aliphatic carbocycles. The van der Waals surface area contributed by atoms with Crippen molar-refractivity contribution in [3.63, 3.8) is 0 Å². The van der Waals surface area contributed by atoms with Gasteiger partial charge in [0, 0.05) is 53.6 Å². The van der Waals surface area contributed by atoms with E-state index < -0.39 is 0 Å². The van der Waals surface area contributed by atoms with Gasteiger partial charge in [-0.05, 0) is 38.0 Å². The lowest BCUT2D eigenvalue weighted by molar-refractivity contribution is 0.619. The molecule has 4 nitrogen and oxygen atoms in total. The molecule has 2 atom stereocenters. The summed E-state index contributed by atoms with van der Waals surface area (Å²) in [7, 11) is 0. The molecule has 0 radical (unpaired) electrons. The van der Waals surface area contributed by atoms with Crippen LogP contribution in [0.25, 0.3) is 10.9 Å². The largest absolute Gasteiger partial charge is 0.371 e. The van der Waals surface area contributed by atoms with Crippen molar-refractivity contribution in [2.45, 2.75) is 31.6 Å². The van der Waals surface area contributed by atoms with E-state index in [0.717, 1.165) is 36.5 Å². The number of benzene rings is 1. The number of para-hydroxylation sites is 1. The fourth-order valence-electron chi connectivity index (χ4n) is 3.64. The van der Waals surface area contributed by atoms with Gasteiger partial charge in [0.15, 0.2) is 0 Å². The number of rotatable bonds is 3. The lowest BCUT2D eigenvalue weighted by Gasteiger charge is -2.34. The molecule has 0 bridgehead atoms. The van der Waals surface area contributed by atoms with E-state index in [2.05, 4.69) is 45.2 Å². The first-order valence-electron chi connectivity index (χ1n) is 8.74. The third-order valence-corrected chi connectivity index (χ3v) is 5.23. The summed E-state index contributed by atoms with van der Waals surface area (Å²) in [6.45, 7) is 4.34. The second kappa shape index (κ2) is 5.26. The van der Waals surface area contributed by atoms with E-state index in [1.54, 1.807) is 0 Å². The number of fused-ring (bicyclic) bond motifs is 1. The number of hydrogen-bond donors (Lipinski definition) is 0. The number of aryl methyl sites for hydroxylation is 1. The highest BCUT2D eigenvalue weighted by Crippen LogP contribution is 2.53. The van der Waals surface area contributed by atoms with Crippen LogP contribution in [-0.4, -0.2) is 28.0 Å². The van der Waals surface area contributed by atoms with Gasteiger partial charge < -0.3 is 4.90 Å². The quantitative estimate of drug-likeness (QED) is 0.737. The van der Waals surface area contributed by atoms with Crippen LogP contribution in [0.2, 0.25) is 0 Å². The summed E-state index contributed by atoms with van der Waals surface area (Å²) in [4.78, 5) is 16.5. The molecule has 24 heavy (non-hydrogen) atoms. The van der Waals surface area contributed by atoms with E-state index in [9.17, 15) is 0 Å². The summed E-state index contributed by atoms with van der Waals surface area (Å²) >= 11 is 0. The van der Waals surface area contributed by atoms with E-state index in [1.807, 2.05) is 19.2 Å². The Morgan fingerprint density at radius 3 is 2.71 bits per heavy atom. The van der Waals surface area contributed by atoms with E-state index in [1.165, 1.54) is 23.2 Å². The maximum Gasteiger partial charge on any atom is 0.132 e. The number of aromatic nitrogens is 3. The maximum atomic E-state index is 4.95. The SMILES string of the molecule is Cc1ccnc([C@H]2C[C@@H]2c2cc(N3CCC3)c3ccccc3n2)n1. The predicted molar refractivity (Wildman–Crippen MR) is 95.4 cm³/mol. The molecule has 0 unspecified atom stereocenters. The second-order valence-electron chi connectivity index (χ2n) is 6.93. The standard InChI is InChI=1S/C20H20N4/c1-13-7-8-21-20(22-13)16-11-15(16)18-12-19(24-9-4-10-24)14-5-2-3-6-17(14)23-18/h2-3,5-8,12,15-16H,4,9-11H2,1H3/t15-,16-/m0/s1. The van der Waals surface area contributed by atoms with Crippen LogP contribution in [0.15, 0.2) is 42.6 Å². The van der Waals surface area contributed by atoms with E-state index in [4.69, 9.17) is 4.98 Å². The minimum absolute atomic E-state index is 0.419. The molecule has 4 heteroatoms. The fraction of sp³-hybridized carbons (Fsp3) is 0.350. The van der Waals surface area contributed by atoms with Gasteiger partial charge in [-0.1, -0.05) is 18.2 Å². The van der Waals surface area contributed by atoms with Gasteiger partial charge in [-0.3, -0.25) is 4.98 Å². The molecule has 1 aromatic carbocycles. The monoisotopic (exact) mass is 316 g/mol. The Hall–Kier alpha value is -2.49. The van der Waals surface area contributed by atoms with Crippen LogP contribution in [0.5, 0.6) is 0 Å². The summed E-state index contributed by atoms with van der Waals surface area (Å²) in [6, 6.07) is 12.8. The topological polar surface area (TPSA) is 41.9 Å². The molecule has 1 saturated heterocycles. The van der Waals surface area contributed by atoms with E-state index in [-0.39, 0.29) is 0 Å². The first kappa shape index (κ1) is 13.9. The zero-order chi connectivity index (χ0) is 16.1. The lowest BCUT2D eigenvalue weighted by Crippen LogP contribution is -2.37. The number of hydrogen-bond acceptors (Lipinski definition) is 4. The highest BCUT2D eigenvalue weighted by atomic mass is 15.2. The Kier molecular flexibility index (Phi) is 3.05. The predicted octanol–water partition coefficient (Wildman–Crippen LogP) is 3.81. The van der Waals surface area contributed by atoms with Crippen LogP contribution in [0.4, 0.5) is 5.69 Å². The van der Waals surface area contributed by atoms with Gasteiger partial charge in [-0.25, -0.2) is 9.97 Å². The molecule has 2 fully saturated rings. The summed E-state index contributed by atoms with van der Waals surface area (Å²) in [5.74, 6) is 1.85. The first-order chi connectivity index (χ1) is 11.8. The summed E-state index contributed by atoms with van der Waals surface area (Å²) in [5.41, 5.74) is 4.69. The van der Waals surface area contributed by atoms with Crippen LogP contribution in [0, 0.1) is 6.92 Å². The second-order valence-corrected chi connectivity index (χ2v) is 6.93. The maximum absolute atomic E-state index is 4.95. The van der Waals surface area contributed by atoms with Gasteiger partial charge in [0.25, 0.3) is 0 Å². The van der Waals surface area contributed by atoms with Crippen molar-refractivity contribution >= 4 is 16.6 Å². The zero-order valence-electron chi connectivity index (χ0n) is 13.8. The van der Waals surface area contributed by atoms with Gasteiger partial charge >= 0.3 is 0 Å². The molecule has 0 spiro atoms. The lowest BCUT2D eigenvalue weighted by atomic mass is 10.1. The Bertz CT molecular complexity index is 916. The van der Waals surface area contributed by atoms with E-state index >= 15 is 0 Å². The molecular formula is C20H20N4. The Morgan fingerprint density at radius 1 is 1.04 bits per heavy atom. The molecule has 1 saturated carbocycles. The average molecular weight is 316 g/mol. The van der Waals surface area contributed by atoms with Gasteiger partial charge in [0.05, 0.1) is 5.52 Å². The van der Waals surface area contributed by atoms with Crippen molar-refractivity contribution in [1.82, 2.24) is 15.0 Å². The van der Waals surface area contributed by atoms with Crippen molar-refractivity contribution < 1.29 is 0 Å². The highest BCUT2D eigenvalue weighted by molar-refractivity contribution is 5.92. The molecule has 3 heterocycles. The third kappa shape index (κ3) is 2.25. The Balaban J connectivity index is 1.54. The molecule has 0 amide bonds. The third-order valence-electron chi connectivity index (χ3n) is 5.23. The first-order valence-corrected chi connectivity index (χ1v) is 8.74. The number of anilines is 1. The van der Waals surface area contributed by atoms with Crippen LogP contribution in [0.3, 0.4) is 0 Å². The molecular weight excluding hydrogens is 296 g/mol. The highest BCUT2D eigenvalue weighted by Gasteiger charge is 2.43. The zero-order valence-corrected chi connectivity index (χ0v) is 13.8. The molecule has 120 valence electrons. The molecule has 2 aliphatic rings. The number of pyridine rings is 1. The summed E-state index contributed by atoms with van der Waals surface area (Å²) in [5, 5.41) is 1.27. The van der Waals surface area contributed by atoms with Gasteiger partial charge in [-0.2, -0.15) is 0 Å². The van der Waals surface area contributed by atoms with Gasteiger partial charge in [0.2, 0.25) is 0 Å². The molecule has 3 aromatic rings. The molecule has 1 aliphatic heterocycles. The molecule has 5 rings (SSSR count). The van der Waals surface area contributed by atoms with Crippen molar-refractivity contribution in [3.8, 4) is 0 Å². The van der Waals surface area contributed by atoms with Crippen LogP contribution in [0.1, 0.15) is 41.9 Å². The van der Waals surface area contributed by atoms with Crippen molar-refractivity contribution in [1.29, 1.82) is 0 Å². The van der Waals surface area contributed by atoms with Crippen LogP contribution >= 0.6 is 0 Å².